The van der Waals surface area contributed by atoms with Gasteiger partial charge in [-0.05, 0) is 35.4 Å². The Morgan fingerprint density at radius 3 is 2.50 bits per heavy atom. The predicted octanol–water partition coefficient (Wildman–Crippen LogP) is 5.79. The molecule has 2 aromatic carbocycles. The van der Waals surface area contributed by atoms with Gasteiger partial charge in [-0.3, -0.25) is 4.79 Å². The summed E-state index contributed by atoms with van der Waals surface area (Å²) in [4.78, 5) is 13.4. The van der Waals surface area contributed by atoms with Gasteiger partial charge in [0.1, 0.15) is 5.82 Å². The average molecular weight is 402 g/mol. The van der Waals surface area contributed by atoms with E-state index < -0.39 is 0 Å². The molecule has 0 radical (unpaired) electrons. The van der Waals surface area contributed by atoms with E-state index in [0.29, 0.717) is 6.42 Å². The first-order valence-corrected chi connectivity index (χ1v) is 9.22. The van der Waals surface area contributed by atoms with Gasteiger partial charge in [-0.15, -0.1) is 11.3 Å². The van der Waals surface area contributed by atoms with Gasteiger partial charge in [0.2, 0.25) is 5.91 Å². The number of halogens is 2. The minimum Gasteiger partial charge on any atom is -0.325 e. The van der Waals surface area contributed by atoms with Crippen LogP contribution in [-0.4, -0.2) is 5.91 Å². The largest absolute Gasteiger partial charge is 0.325 e. The second-order valence-electron chi connectivity index (χ2n) is 5.75. The zero-order valence-corrected chi connectivity index (χ0v) is 15.0. The van der Waals surface area contributed by atoms with E-state index in [1.54, 1.807) is 23.5 Å². The molecule has 2 nitrogen and oxygen atoms in total. The number of amides is 1. The fourth-order valence-electron chi connectivity index (χ4n) is 3.03. The number of thiophene rings is 1. The summed E-state index contributed by atoms with van der Waals surface area (Å²) in [5.41, 5.74) is 3.84. The molecule has 4 rings (SSSR count). The van der Waals surface area contributed by atoms with Gasteiger partial charge < -0.3 is 5.32 Å². The molecule has 0 spiro atoms. The summed E-state index contributed by atoms with van der Waals surface area (Å²) in [6.45, 7) is 0. The zero-order valence-electron chi connectivity index (χ0n) is 12.6. The number of rotatable bonds is 2. The Hall–Kier alpha value is -1.98. The maximum atomic E-state index is 13.2. The zero-order chi connectivity index (χ0) is 16.7. The Balaban J connectivity index is 1.80. The molecule has 3 aromatic rings. The van der Waals surface area contributed by atoms with Crippen molar-refractivity contribution in [1.82, 2.24) is 0 Å². The van der Waals surface area contributed by atoms with Gasteiger partial charge in [0.25, 0.3) is 0 Å². The fourth-order valence-corrected chi connectivity index (χ4v) is 4.46. The first kappa shape index (κ1) is 15.5. The normalized spacial score (nSPS) is 16.6. The van der Waals surface area contributed by atoms with Crippen molar-refractivity contribution in [1.29, 1.82) is 0 Å². The number of fused-ring (bicyclic) bond motifs is 1. The van der Waals surface area contributed by atoms with Crippen molar-refractivity contribution < 1.29 is 9.18 Å². The smallest absolute Gasteiger partial charge is 0.225 e. The minimum absolute atomic E-state index is 0.0113. The average Bonchev–Trinajstić information content (AvgIpc) is 2.99. The summed E-state index contributed by atoms with van der Waals surface area (Å²) < 4.78 is 14.2. The number of hydrogen-bond acceptors (Lipinski definition) is 2. The lowest BCUT2D eigenvalue weighted by atomic mass is 9.89. The fraction of sp³-hybridized carbons (Fsp3) is 0.105. The molecule has 0 unspecified atom stereocenters. The molecule has 5 heteroatoms. The van der Waals surface area contributed by atoms with Crippen LogP contribution >= 0.6 is 27.3 Å². The number of hydrogen-bond donors (Lipinski definition) is 1. The molecule has 2 heterocycles. The number of carbonyl (C=O) groups is 1. The highest BCUT2D eigenvalue weighted by molar-refractivity contribution is 9.10. The molecule has 1 aliphatic rings. The van der Waals surface area contributed by atoms with Crippen molar-refractivity contribution in [2.24, 2.45) is 0 Å². The van der Waals surface area contributed by atoms with E-state index >= 15 is 0 Å². The van der Waals surface area contributed by atoms with Crippen LogP contribution < -0.4 is 5.32 Å². The van der Waals surface area contributed by atoms with Crippen LogP contribution in [0.4, 0.5) is 10.1 Å². The second-order valence-corrected chi connectivity index (χ2v) is 7.58. The topological polar surface area (TPSA) is 29.1 Å². The van der Waals surface area contributed by atoms with Crippen molar-refractivity contribution >= 4 is 38.9 Å². The van der Waals surface area contributed by atoms with E-state index in [-0.39, 0.29) is 17.6 Å². The predicted molar refractivity (Wildman–Crippen MR) is 98.9 cm³/mol. The van der Waals surface area contributed by atoms with Crippen LogP contribution in [0.15, 0.2) is 58.4 Å². The molecule has 1 aromatic heterocycles. The van der Waals surface area contributed by atoms with Gasteiger partial charge in [0.15, 0.2) is 0 Å². The van der Waals surface area contributed by atoms with Gasteiger partial charge in [-0.25, -0.2) is 4.39 Å². The van der Waals surface area contributed by atoms with Crippen LogP contribution in [0.1, 0.15) is 22.8 Å². The summed E-state index contributed by atoms with van der Waals surface area (Å²) in [5, 5.41) is 5.04. The Kier molecular flexibility index (Phi) is 3.98. The highest BCUT2D eigenvalue weighted by Gasteiger charge is 2.30. The number of nitrogens with one attached hydrogen (secondary N) is 1. The lowest BCUT2D eigenvalue weighted by molar-refractivity contribution is -0.116. The molecule has 0 fully saturated rings. The Labute approximate surface area is 151 Å². The molecular formula is C19H13BrFNOS. The molecule has 1 amide bonds. The second kappa shape index (κ2) is 6.15. The Bertz CT molecular complexity index is 902. The maximum absolute atomic E-state index is 13.2. The highest BCUT2D eigenvalue weighted by Crippen LogP contribution is 2.46. The molecule has 1 aliphatic heterocycles. The van der Waals surface area contributed by atoms with E-state index in [1.807, 2.05) is 17.5 Å². The summed E-state index contributed by atoms with van der Waals surface area (Å²) in [6.07, 6.45) is 0.442. The number of benzene rings is 2. The third kappa shape index (κ3) is 2.78. The Morgan fingerprint density at radius 2 is 1.79 bits per heavy atom. The third-order valence-electron chi connectivity index (χ3n) is 4.22. The van der Waals surface area contributed by atoms with Crippen LogP contribution in [-0.2, 0) is 4.79 Å². The highest BCUT2D eigenvalue weighted by atomic mass is 79.9. The summed E-state index contributed by atoms with van der Waals surface area (Å²) in [5.74, 6) is -0.196. The van der Waals surface area contributed by atoms with Gasteiger partial charge in [0.05, 0.1) is 5.69 Å². The molecule has 1 atom stereocenters. The lowest BCUT2D eigenvalue weighted by Gasteiger charge is -2.24. The minimum atomic E-state index is -0.264. The maximum Gasteiger partial charge on any atom is 0.225 e. The van der Waals surface area contributed by atoms with Gasteiger partial charge in [0, 0.05) is 32.6 Å². The van der Waals surface area contributed by atoms with Crippen LogP contribution in [0.3, 0.4) is 0 Å². The molecule has 24 heavy (non-hydrogen) atoms. The van der Waals surface area contributed by atoms with Crippen molar-refractivity contribution in [3.05, 3.63) is 74.6 Å². The first-order valence-electron chi connectivity index (χ1n) is 7.54. The van der Waals surface area contributed by atoms with Gasteiger partial charge in [-0.2, -0.15) is 0 Å². The number of carbonyl (C=O) groups excluding carboxylic acids is 1. The molecule has 0 saturated heterocycles. The third-order valence-corrected chi connectivity index (χ3v) is 5.84. The standard InChI is InChI=1S/C19H13BrFNOS/c20-13-5-1-11(2-6-13)15-9-17(23)22-18-16(10-24-19(15)18)12-3-7-14(21)8-4-12/h1-8,10,15H,9H2,(H,22,23)/t15-/m0/s1. The van der Waals surface area contributed by atoms with Crippen molar-refractivity contribution in [2.75, 3.05) is 5.32 Å². The van der Waals surface area contributed by atoms with Gasteiger partial charge >= 0.3 is 0 Å². The van der Waals surface area contributed by atoms with Crippen molar-refractivity contribution in [3.63, 3.8) is 0 Å². The molecule has 1 N–H and O–H groups in total. The Morgan fingerprint density at radius 1 is 1.08 bits per heavy atom. The first-order chi connectivity index (χ1) is 11.6. The van der Waals surface area contributed by atoms with E-state index in [4.69, 9.17) is 0 Å². The molecule has 0 aliphatic carbocycles. The molecule has 120 valence electrons. The quantitative estimate of drug-likeness (QED) is 0.578. The molecule has 0 saturated carbocycles. The van der Waals surface area contributed by atoms with Crippen LogP contribution in [0.2, 0.25) is 0 Å². The lowest BCUT2D eigenvalue weighted by Crippen LogP contribution is -2.22. The number of anilines is 1. The van der Waals surface area contributed by atoms with E-state index in [9.17, 15) is 9.18 Å². The van der Waals surface area contributed by atoms with Gasteiger partial charge in [-0.1, -0.05) is 40.2 Å². The van der Waals surface area contributed by atoms with E-state index in [0.717, 1.165) is 31.7 Å². The van der Waals surface area contributed by atoms with Crippen molar-refractivity contribution in [3.8, 4) is 11.1 Å². The van der Waals surface area contributed by atoms with Crippen LogP contribution in [0.5, 0.6) is 0 Å². The molecular weight excluding hydrogens is 389 g/mol. The monoisotopic (exact) mass is 401 g/mol. The summed E-state index contributed by atoms with van der Waals surface area (Å²) in [6, 6.07) is 14.5. The van der Waals surface area contributed by atoms with Crippen molar-refractivity contribution in [2.45, 2.75) is 12.3 Å². The summed E-state index contributed by atoms with van der Waals surface area (Å²) >= 11 is 5.09. The van der Waals surface area contributed by atoms with Crippen LogP contribution in [0, 0.1) is 5.82 Å². The SMILES string of the molecule is O=C1C[C@@H](c2ccc(Br)cc2)c2scc(-c3ccc(F)cc3)c2N1. The van der Waals surface area contributed by atoms with Crippen LogP contribution in [0.25, 0.3) is 11.1 Å². The molecule has 0 bridgehead atoms. The van der Waals surface area contributed by atoms with E-state index in [2.05, 4.69) is 33.4 Å². The summed E-state index contributed by atoms with van der Waals surface area (Å²) in [7, 11) is 0. The van der Waals surface area contributed by atoms with E-state index in [1.165, 1.54) is 12.1 Å².